The molecule has 2 aromatic carbocycles. The van der Waals surface area contributed by atoms with Crippen LogP contribution in [0.5, 0.6) is 5.75 Å². The van der Waals surface area contributed by atoms with Gasteiger partial charge in [0.15, 0.2) is 6.61 Å². The highest BCUT2D eigenvalue weighted by molar-refractivity contribution is 6.32. The number of carbonyl (C=O) groups is 1. The van der Waals surface area contributed by atoms with Gasteiger partial charge in [0.2, 0.25) is 5.43 Å². The third kappa shape index (κ3) is 2.43. The Kier molecular flexibility index (Phi) is 3.27. The summed E-state index contributed by atoms with van der Waals surface area (Å²) in [6.45, 7) is -0.538. The second kappa shape index (κ2) is 5.10. The summed E-state index contributed by atoms with van der Waals surface area (Å²) >= 11 is 6.01. The van der Waals surface area contributed by atoms with E-state index in [1.807, 2.05) is 0 Å². The predicted molar refractivity (Wildman–Crippen MR) is 78.1 cm³/mol. The maximum Gasteiger partial charge on any atom is 0.341 e. The van der Waals surface area contributed by atoms with Gasteiger partial charge in [0.05, 0.1) is 15.8 Å². The molecule has 0 amide bonds. The summed E-state index contributed by atoms with van der Waals surface area (Å²) in [6.07, 6.45) is 0. The van der Waals surface area contributed by atoms with E-state index in [9.17, 15) is 9.59 Å². The Morgan fingerprint density at radius 3 is 2.71 bits per heavy atom. The molecule has 1 heterocycles. The minimum Gasteiger partial charge on any atom is -0.480 e. The molecule has 3 aromatic rings. The van der Waals surface area contributed by atoms with Crippen molar-refractivity contribution in [1.82, 2.24) is 0 Å². The van der Waals surface area contributed by atoms with Gasteiger partial charge < -0.3 is 14.3 Å². The lowest BCUT2D eigenvalue weighted by atomic mass is 10.1. The molecule has 0 aliphatic heterocycles. The Morgan fingerprint density at radius 2 is 1.95 bits per heavy atom. The fourth-order valence-electron chi connectivity index (χ4n) is 2.05. The molecule has 0 bridgehead atoms. The van der Waals surface area contributed by atoms with E-state index in [1.54, 1.807) is 24.3 Å². The number of halogens is 1. The maximum atomic E-state index is 12.4. The van der Waals surface area contributed by atoms with Crippen LogP contribution in [0.1, 0.15) is 0 Å². The second-order valence-electron chi connectivity index (χ2n) is 4.39. The predicted octanol–water partition coefficient (Wildman–Crippen LogP) is 3.06. The van der Waals surface area contributed by atoms with E-state index < -0.39 is 12.6 Å². The number of aliphatic carboxylic acids is 1. The number of carboxylic acids is 1. The SMILES string of the molecule is O=C(O)COc1cc2c(=O)c3ccccc3oc2cc1Cl. The number of carboxylic acid groups (broad SMARTS) is 1. The van der Waals surface area contributed by atoms with Crippen LogP contribution >= 0.6 is 11.6 Å². The van der Waals surface area contributed by atoms with Crippen LogP contribution < -0.4 is 10.2 Å². The largest absolute Gasteiger partial charge is 0.480 e. The van der Waals surface area contributed by atoms with Gasteiger partial charge in [-0.05, 0) is 18.2 Å². The van der Waals surface area contributed by atoms with Gasteiger partial charge in [-0.2, -0.15) is 0 Å². The fraction of sp³-hybridized carbons (Fsp3) is 0.0667. The smallest absolute Gasteiger partial charge is 0.341 e. The number of ether oxygens (including phenoxy) is 1. The van der Waals surface area contributed by atoms with E-state index in [0.29, 0.717) is 21.9 Å². The first-order valence-corrected chi connectivity index (χ1v) is 6.44. The zero-order chi connectivity index (χ0) is 15.0. The van der Waals surface area contributed by atoms with Crippen molar-refractivity contribution in [2.75, 3.05) is 6.61 Å². The summed E-state index contributed by atoms with van der Waals surface area (Å²) in [5.41, 5.74) is 0.570. The molecular weight excluding hydrogens is 296 g/mol. The average Bonchev–Trinajstić information content (AvgIpc) is 2.45. The Labute approximate surface area is 123 Å². The highest BCUT2D eigenvalue weighted by Crippen LogP contribution is 2.30. The second-order valence-corrected chi connectivity index (χ2v) is 4.80. The van der Waals surface area contributed by atoms with Crippen molar-refractivity contribution in [3.63, 3.8) is 0 Å². The molecule has 106 valence electrons. The molecule has 3 rings (SSSR count). The Bertz CT molecular complexity index is 913. The standard InChI is InChI=1S/C15H9ClO5/c16-10-6-12-9(5-13(10)20-7-14(17)18)15(19)8-3-1-2-4-11(8)21-12/h1-6H,7H2,(H,17,18). The average molecular weight is 305 g/mol. The molecule has 5 nitrogen and oxygen atoms in total. The van der Waals surface area contributed by atoms with E-state index in [2.05, 4.69) is 0 Å². The first-order chi connectivity index (χ1) is 10.1. The molecular formula is C15H9ClO5. The number of hydrogen-bond donors (Lipinski definition) is 1. The normalized spacial score (nSPS) is 10.9. The third-order valence-corrected chi connectivity index (χ3v) is 3.28. The molecule has 0 unspecified atom stereocenters. The van der Waals surface area contributed by atoms with Crippen molar-refractivity contribution in [2.45, 2.75) is 0 Å². The number of para-hydroxylation sites is 1. The monoisotopic (exact) mass is 304 g/mol. The van der Waals surface area contributed by atoms with Crippen molar-refractivity contribution in [1.29, 1.82) is 0 Å². The van der Waals surface area contributed by atoms with Gasteiger partial charge in [0.25, 0.3) is 0 Å². The zero-order valence-electron chi connectivity index (χ0n) is 10.6. The van der Waals surface area contributed by atoms with E-state index in [4.69, 9.17) is 25.9 Å². The summed E-state index contributed by atoms with van der Waals surface area (Å²) < 4.78 is 10.7. The molecule has 0 saturated carbocycles. The molecule has 0 aliphatic carbocycles. The first-order valence-electron chi connectivity index (χ1n) is 6.06. The summed E-state index contributed by atoms with van der Waals surface area (Å²) in [6, 6.07) is 9.71. The number of benzene rings is 2. The molecule has 0 radical (unpaired) electrons. The summed E-state index contributed by atoms with van der Waals surface area (Å²) in [4.78, 5) is 23.0. The molecule has 0 atom stereocenters. The van der Waals surface area contributed by atoms with Crippen molar-refractivity contribution < 1.29 is 19.1 Å². The lowest BCUT2D eigenvalue weighted by Crippen LogP contribution is -2.10. The number of rotatable bonds is 3. The molecule has 0 fully saturated rings. The van der Waals surface area contributed by atoms with Gasteiger partial charge in [-0.15, -0.1) is 0 Å². The zero-order valence-corrected chi connectivity index (χ0v) is 11.4. The highest BCUT2D eigenvalue weighted by atomic mass is 35.5. The van der Waals surface area contributed by atoms with Crippen LogP contribution in [0.4, 0.5) is 0 Å². The third-order valence-electron chi connectivity index (χ3n) is 2.98. The van der Waals surface area contributed by atoms with Gasteiger partial charge >= 0.3 is 5.97 Å². The molecule has 0 saturated heterocycles. The quantitative estimate of drug-likeness (QED) is 0.752. The number of fused-ring (bicyclic) bond motifs is 2. The summed E-state index contributed by atoms with van der Waals surface area (Å²) in [7, 11) is 0. The number of hydrogen-bond acceptors (Lipinski definition) is 4. The van der Waals surface area contributed by atoms with E-state index >= 15 is 0 Å². The minimum atomic E-state index is -1.13. The molecule has 1 aromatic heterocycles. The van der Waals surface area contributed by atoms with Crippen LogP contribution in [-0.2, 0) is 4.79 Å². The van der Waals surface area contributed by atoms with E-state index in [0.717, 1.165) is 0 Å². The van der Waals surface area contributed by atoms with Crippen molar-refractivity contribution in [2.24, 2.45) is 0 Å². The van der Waals surface area contributed by atoms with E-state index in [1.165, 1.54) is 12.1 Å². The van der Waals surface area contributed by atoms with Crippen LogP contribution in [-0.4, -0.2) is 17.7 Å². The highest BCUT2D eigenvalue weighted by Gasteiger charge is 2.12. The van der Waals surface area contributed by atoms with Crippen molar-refractivity contribution >= 4 is 39.5 Å². The molecule has 0 aliphatic rings. The molecule has 1 N–H and O–H groups in total. The topological polar surface area (TPSA) is 76.7 Å². The van der Waals surface area contributed by atoms with Crippen LogP contribution in [0.25, 0.3) is 21.9 Å². The lowest BCUT2D eigenvalue weighted by molar-refractivity contribution is -0.139. The lowest BCUT2D eigenvalue weighted by Gasteiger charge is -2.07. The van der Waals surface area contributed by atoms with Crippen LogP contribution in [0.15, 0.2) is 45.6 Å². The summed E-state index contributed by atoms with van der Waals surface area (Å²) in [5.74, 6) is -0.995. The first kappa shape index (κ1) is 13.5. The van der Waals surface area contributed by atoms with Crippen molar-refractivity contribution in [3.05, 3.63) is 51.6 Å². The summed E-state index contributed by atoms with van der Waals surface area (Å²) in [5, 5.41) is 9.54. The fourth-order valence-corrected chi connectivity index (χ4v) is 2.26. The Morgan fingerprint density at radius 1 is 1.19 bits per heavy atom. The van der Waals surface area contributed by atoms with Gasteiger partial charge in [-0.25, -0.2) is 4.79 Å². The van der Waals surface area contributed by atoms with Gasteiger partial charge in [0, 0.05) is 6.07 Å². The van der Waals surface area contributed by atoms with Gasteiger partial charge in [-0.1, -0.05) is 23.7 Å². The minimum absolute atomic E-state index is 0.133. The van der Waals surface area contributed by atoms with Crippen LogP contribution in [0, 0.1) is 0 Å². The van der Waals surface area contributed by atoms with Crippen LogP contribution in [0.2, 0.25) is 5.02 Å². The Balaban J connectivity index is 2.24. The molecule has 21 heavy (non-hydrogen) atoms. The van der Waals surface area contributed by atoms with E-state index in [-0.39, 0.29) is 16.2 Å². The molecule has 0 spiro atoms. The van der Waals surface area contributed by atoms with Crippen LogP contribution in [0.3, 0.4) is 0 Å². The maximum absolute atomic E-state index is 12.4. The Hall–Kier alpha value is -2.53. The van der Waals surface area contributed by atoms with Crippen molar-refractivity contribution in [3.8, 4) is 5.75 Å². The van der Waals surface area contributed by atoms with Gasteiger partial charge in [-0.3, -0.25) is 4.79 Å². The van der Waals surface area contributed by atoms with Gasteiger partial charge in [0.1, 0.15) is 16.9 Å². The molecule has 6 heteroatoms.